The molecule has 3 heteroatoms. The van der Waals surface area contributed by atoms with Gasteiger partial charge in [0.25, 0.3) is 5.56 Å². The molecule has 0 fully saturated rings. The molecule has 3 rings (SSSR count). The first-order valence-electron chi connectivity index (χ1n) is 6.42. The minimum atomic E-state index is 0.0924. The number of hydrogen-bond donors (Lipinski definition) is 1. The van der Waals surface area contributed by atoms with Crippen LogP contribution >= 0.6 is 0 Å². The summed E-state index contributed by atoms with van der Waals surface area (Å²) in [6, 6.07) is 4.00. The monoisotopic (exact) mass is 240 g/mol. The number of H-pyrrole nitrogens is 1. The number of nitrogens with one attached hydrogen (secondary N) is 1. The van der Waals surface area contributed by atoms with Gasteiger partial charge in [-0.05, 0) is 44.2 Å². The molecule has 0 amide bonds. The molecule has 1 aliphatic rings. The standard InChI is InChI=1S/C15H16N2O/c1-10-14(11-5-4-8-16-9-11)12-6-2-3-7-13(12)15(18)17-10/h4-5,8-9H,2-3,6-7H2,1H3,(H,17,18). The van der Waals surface area contributed by atoms with E-state index in [4.69, 9.17) is 0 Å². The number of aromatic amines is 1. The van der Waals surface area contributed by atoms with Gasteiger partial charge < -0.3 is 4.98 Å². The van der Waals surface area contributed by atoms with E-state index < -0.39 is 0 Å². The molecule has 0 spiro atoms. The van der Waals surface area contributed by atoms with Crippen molar-refractivity contribution in [3.8, 4) is 11.1 Å². The summed E-state index contributed by atoms with van der Waals surface area (Å²) in [5.74, 6) is 0. The molecular formula is C15H16N2O. The Kier molecular flexibility index (Phi) is 2.74. The minimum absolute atomic E-state index is 0.0924. The van der Waals surface area contributed by atoms with Crippen molar-refractivity contribution in [2.24, 2.45) is 0 Å². The molecule has 1 N–H and O–H groups in total. The fraction of sp³-hybridized carbons (Fsp3) is 0.333. The van der Waals surface area contributed by atoms with Crippen LogP contribution in [-0.4, -0.2) is 9.97 Å². The largest absolute Gasteiger partial charge is 0.326 e. The van der Waals surface area contributed by atoms with Crippen molar-refractivity contribution >= 4 is 0 Å². The summed E-state index contributed by atoms with van der Waals surface area (Å²) in [6.07, 6.45) is 7.84. The van der Waals surface area contributed by atoms with Gasteiger partial charge in [0.1, 0.15) is 0 Å². The van der Waals surface area contributed by atoms with Crippen LogP contribution in [0.2, 0.25) is 0 Å². The van der Waals surface area contributed by atoms with Gasteiger partial charge in [0.2, 0.25) is 0 Å². The van der Waals surface area contributed by atoms with Gasteiger partial charge in [0.15, 0.2) is 0 Å². The minimum Gasteiger partial charge on any atom is -0.326 e. The molecule has 0 saturated carbocycles. The van der Waals surface area contributed by atoms with Crippen LogP contribution in [-0.2, 0) is 12.8 Å². The predicted octanol–water partition coefficient (Wildman–Crippen LogP) is 2.62. The van der Waals surface area contributed by atoms with Gasteiger partial charge in [-0.3, -0.25) is 9.78 Å². The number of pyridine rings is 2. The van der Waals surface area contributed by atoms with Gasteiger partial charge in [-0.15, -0.1) is 0 Å². The lowest BCUT2D eigenvalue weighted by Gasteiger charge is -2.20. The van der Waals surface area contributed by atoms with E-state index in [0.29, 0.717) is 0 Å². The predicted molar refractivity (Wildman–Crippen MR) is 71.7 cm³/mol. The normalized spacial score (nSPS) is 14.3. The van der Waals surface area contributed by atoms with E-state index >= 15 is 0 Å². The Labute approximate surface area is 106 Å². The highest BCUT2D eigenvalue weighted by Crippen LogP contribution is 2.30. The second kappa shape index (κ2) is 4.41. The van der Waals surface area contributed by atoms with Gasteiger partial charge in [0.05, 0.1) is 0 Å². The molecule has 2 aromatic rings. The Hall–Kier alpha value is -1.90. The second-order valence-corrected chi connectivity index (χ2v) is 4.86. The van der Waals surface area contributed by atoms with E-state index in [1.165, 1.54) is 17.5 Å². The first-order valence-corrected chi connectivity index (χ1v) is 6.42. The van der Waals surface area contributed by atoms with Crippen LogP contribution in [0, 0.1) is 6.92 Å². The van der Waals surface area contributed by atoms with Crippen molar-refractivity contribution < 1.29 is 0 Å². The third kappa shape index (κ3) is 1.76. The molecule has 2 aromatic heterocycles. The quantitative estimate of drug-likeness (QED) is 0.832. The molecule has 0 atom stereocenters. The molecule has 92 valence electrons. The number of nitrogens with zero attached hydrogens (tertiary/aromatic N) is 1. The highest BCUT2D eigenvalue weighted by Gasteiger charge is 2.19. The van der Waals surface area contributed by atoms with Crippen molar-refractivity contribution in [3.05, 3.63) is 51.7 Å². The number of fused-ring (bicyclic) bond motifs is 1. The van der Waals surface area contributed by atoms with Gasteiger partial charge in [-0.2, -0.15) is 0 Å². The maximum atomic E-state index is 12.0. The molecule has 0 aliphatic heterocycles. The van der Waals surface area contributed by atoms with Crippen LogP contribution in [0.25, 0.3) is 11.1 Å². The lowest BCUT2D eigenvalue weighted by atomic mass is 9.86. The Balaban J connectivity index is 2.29. The molecule has 0 aromatic carbocycles. The van der Waals surface area contributed by atoms with Crippen molar-refractivity contribution in [1.82, 2.24) is 9.97 Å². The smallest absolute Gasteiger partial charge is 0.251 e. The van der Waals surface area contributed by atoms with Crippen LogP contribution in [0.3, 0.4) is 0 Å². The lowest BCUT2D eigenvalue weighted by Crippen LogP contribution is -2.21. The van der Waals surface area contributed by atoms with E-state index in [9.17, 15) is 4.79 Å². The van der Waals surface area contributed by atoms with Crippen molar-refractivity contribution in [1.29, 1.82) is 0 Å². The highest BCUT2D eigenvalue weighted by molar-refractivity contribution is 5.70. The number of rotatable bonds is 1. The van der Waals surface area contributed by atoms with E-state index in [0.717, 1.165) is 36.1 Å². The molecule has 18 heavy (non-hydrogen) atoms. The van der Waals surface area contributed by atoms with E-state index in [-0.39, 0.29) is 5.56 Å². The van der Waals surface area contributed by atoms with E-state index in [2.05, 4.69) is 16.0 Å². The molecule has 0 bridgehead atoms. The molecular weight excluding hydrogens is 224 g/mol. The molecule has 0 radical (unpaired) electrons. The Morgan fingerprint density at radius 2 is 2.00 bits per heavy atom. The number of aromatic nitrogens is 2. The van der Waals surface area contributed by atoms with Crippen molar-refractivity contribution in [3.63, 3.8) is 0 Å². The SMILES string of the molecule is Cc1[nH]c(=O)c2c(c1-c1cccnc1)CCCC2. The topological polar surface area (TPSA) is 45.8 Å². The molecule has 3 nitrogen and oxygen atoms in total. The van der Waals surface area contributed by atoms with Crippen molar-refractivity contribution in [2.75, 3.05) is 0 Å². The zero-order valence-electron chi connectivity index (χ0n) is 10.5. The van der Waals surface area contributed by atoms with Crippen LogP contribution in [0.15, 0.2) is 29.3 Å². The maximum Gasteiger partial charge on any atom is 0.251 e. The summed E-state index contributed by atoms with van der Waals surface area (Å²) >= 11 is 0. The fourth-order valence-electron chi connectivity index (χ4n) is 2.87. The van der Waals surface area contributed by atoms with Crippen LogP contribution < -0.4 is 5.56 Å². The van der Waals surface area contributed by atoms with Gasteiger partial charge in [0, 0.05) is 34.8 Å². The van der Waals surface area contributed by atoms with E-state index in [1.54, 1.807) is 6.20 Å². The van der Waals surface area contributed by atoms with Crippen LogP contribution in [0.4, 0.5) is 0 Å². The molecule has 1 aliphatic carbocycles. The molecule has 0 saturated heterocycles. The first-order chi connectivity index (χ1) is 8.77. The number of aryl methyl sites for hydroxylation is 1. The Morgan fingerprint density at radius 1 is 1.22 bits per heavy atom. The second-order valence-electron chi connectivity index (χ2n) is 4.86. The van der Waals surface area contributed by atoms with Gasteiger partial charge in [-0.1, -0.05) is 6.07 Å². The van der Waals surface area contributed by atoms with E-state index in [1.807, 2.05) is 19.2 Å². The summed E-state index contributed by atoms with van der Waals surface area (Å²) in [6.45, 7) is 1.97. The van der Waals surface area contributed by atoms with Crippen LogP contribution in [0.5, 0.6) is 0 Å². The summed E-state index contributed by atoms with van der Waals surface area (Å²) in [7, 11) is 0. The first kappa shape index (κ1) is 11.2. The average Bonchev–Trinajstić information content (AvgIpc) is 2.40. The van der Waals surface area contributed by atoms with Gasteiger partial charge >= 0.3 is 0 Å². The maximum absolute atomic E-state index is 12.0. The Morgan fingerprint density at radius 3 is 2.72 bits per heavy atom. The number of hydrogen-bond acceptors (Lipinski definition) is 2. The summed E-state index contributed by atoms with van der Waals surface area (Å²) in [4.78, 5) is 19.2. The lowest BCUT2D eigenvalue weighted by molar-refractivity contribution is 0.676. The summed E-state index contributed by atoms with van der Waals surface area (Å²) < 4.78 is 0. The average molecular weight is 240 g/mol. The zero-order valence-corrected chi connectivity index (χ0v) is 10.5. The van der Waals surface area contributed by atoms with Crippen LogP contribution in [0.1, 0.15) is 29.7 Å². The third-order valence-corrected chi connectivity index (χ3v) is 3.67. The fourth-order valence-corrected chi connectivity index (χ4v) is 2.87. The third-order valence-electron chi connectivity index (χ3n) is 3.67. The molecule has 2 heterocycles. The Bertz CT molecular complexity index is 629. The zero-order chi connectivity index (χ0) is 12.5. The molecule has 0 unspecified atom stereocenters. The summed E-state index contributed by atoms with van der Waals surface area (Å²) in [5, 5.41) is 0. The summed E-state index contributed by atoms with van der Waals surface area (Å²) in [5.41, 5.74) is 5.53. The van der Waals surface area contributed by atoms with Crippen molar-refractivity contribution in [2.45, 2.75) is 32.6 Å². The highest BCUT2D eigenvalue weighted by atomic mass is 16.1. The van der Waals surface area contributed by atoms with Gasteiger partial charge in [-0.25, -0.2) is 0 Å².